The Balaban J connectivity index is 2.04. The van der Waals surface area contributed by atoms with Crippen LogP contribution < -0.4 is 20.5 Å². The van der Waals surface area contributed by atoms with E-state index in [1.807, 2.05) is 12.1 Å². The minimum absolute atomic E-state index is 0.244. The Hall–Kier alpha value is -2.61. The Morgan fingerprint density at radius 1 is 1.25 bits per heavy atom. The molecule has 0 saturated carbocycles. The molecule has 0 unspecified atom stereocenters. The molecular formula is C16H19N3O4S. The van der Waals surface area contributed by atoms with Gasteiger partial charge < -0.3 is 20.5 Å². The monoisotopic (exact) mass is 349 g/mol. The lowest BCUT2D eigenvalue weighted by Crippen LogP contribution is -2.25. The summed E-state index contributed by atoms with van der Waals surface area (Å²) in [6, 6.07) is 5.46. The molecule has 0 aliphatic rings. The molecule has 0 saturated heterocycles. The molecule has 1 aromatic carbocycles. The second kappa shape index (κ2) is 8.30. The third-order valence-corrected chi connectivity index (χ3v) is 4.14. The predicted octanol–water partition coefficient (Wildman–Crippen LogP) is 1.82. The number of aromatic nitrogens is 1. The lowest BCUT2D eigenvalue weighted by atomic mass is 10.2. The van der Waals surface area contributed by atoms with E-state index in [0.717, 1.165) is 5.56 Å². The van der Waals surface area contributed by atoms with Crippen LogP contribution in [0.3, 0.4) is 0 Å². The van der Waals surface area contributed by atoms with Gasteiger partial charge >= 0.3 is 0 Å². The number of amides is 2. The van der Waals surface area contributed by atoms with Crippen molar-refractivity contribution in [2.45, 2.75) is 12.8 Å². The van der Waals surface area contributed by atoms with Gasteiger partial charge in [0, 0.05) is 23.9 Å². The van der Waals surface area contributed by atoms with E-state index in [2.05, 4.69) is 10.3 Å². The van der Waals surface area contributed by atoms with Crippen LogP contribution in [0.5, 0.6) is 11.5 Å². The molecule has 2 amide bonds. The van der Waals surface area contributed by atoms with E-state index in [-0.39, 0.29) is 18.2 Å². The van der Waals surface area contributed by atoms with Crippen LogP contribution in [0.1, 0.15) is 23.3 Å². The summed E-state index contributed by atoms with van der Waals surface area (Å²) < 4.78 is 10.5. The number of carbonyl (C=O) groups excluding carboxylic acids is 2. The number of carbonyl (C=O) groups is 2. The summed E-state index contributed by atoms with van der Waals surface area (Å²) in [5.74, 6) is 0.573. The zero-order chi connectivity index (χ0) is 17.5. The summed E-state index contributed by atoms with van der Waals surface area (Å²) in [6.45, 7) is 0.380. The second-order valence-corrected chi connectivity index (χ2v) is 5.79. The summed E-state index contributed by atoms with van der Waals surface area (Å²) in [5.41, 5.74) is 6.23. The zero-order valence-electron chi connectivity index (χ0n) is 13.5. The van der Waals surface area contributed by atoms with Crippen molar-refractivity contribution in [3.05, 3.63) is 29.3 Å². The lowest BCUT2D eigenvalue weighted by molar-refractivity contribution is -0.118. The number of benzene rings is 1. The van der Waals surface area contributed by atoms with E-state index in [1.54, 1.807) is 25.7 Å². The van der Waals surface area contributed by atoms with Crippen molar-refractivity contribution >= 4 is 23.2 Å². The van der Waals surface area contributed by atoms with Crippen molar-refractivity contribution in [1.82, 2.24) is 10.3 Å². The molecule has 1 heterocycles. The average Bonchev–Trinajstić information content (AvgIpc) is 3.07. The normalized spacial score (nSPS) is 10.2. The van der Waals surface area contributed by atoms with Crippen LogP contribution in [0.2, 0.25) is 0 Å². The molecule has 24 heavy (non-hydrogen) atoms. The highest BCUT2D eigenvalue weighted by Gasteiger charge is 2.13. The Bertz CT molecular complexity index is 730. The van der Waals surface area contributed by atoms with Crippen molar-refractivity contribution in [3.8, 4) is 22.1 Å². The maximum atomic E-state index is 12.0. The summed E-state index contributed by atoms with van der Waals surface area (Å²) in [4.78, 5) is 27.0. The highest BCUT2D eigenvalue weighted by Crippen LogP contribution is 2.33. The number of methoxy groups -OCH3 is 2. The first kappa shape index (κ1) is 17.7. The first-order chi connectivity index (χ1) is 11.5. The molecule has 0 bridgehead atoms. The number of nitrogens with zero attached hydrogens (tertiary/aromatic N) is 1. The first-order valence-electron chi connectivity index (χ1n) is 7.29. The summed E-state index contributed by atoms with van der Waals surface area (Å²) in [7, 11) is 3.13. The molecule has 0 aliphatic carbocycles. The Morgan fingerprint density at radius 3 is 2.67 bits per heavy atom. The molecular weight excluding hydrogens is 330 g/mol. The highest BCUT2D eigenvalue weighted by atomic mass is 32.1. The third kappa shape index (κ3) is 4.45. The van der Waals surface area contributed by atoms with Crippen LogP contribution >= 0.6 is 11.3 Å². The molecule has 0 fully saturated rings. The number of rotatable bonds is 8. The number of nitrogens with two attached hydrogens (primary N) is 1. The second-order valence-electron chi connectivity index (χ2n) is 4.93. The summed E-state index contributed by atoms with van der Waals surface area (Å²) in [5, 5.41) is 5.11. The van der Waals surface area contributed by atoms with E-state index in [1.165, 1.54) is 11.3 Å². The molecule has 0 atom stereocenters. The van der Waals surface area contributed by atoms with Crippen LogP contribution in [0.25, 0.3) is 10.6 Å². The molecule has 0 spiro atoms. The Morgan fingerprint density at radius 2 is 2.00 bits per heavy atom. The van der Waals surface area contributed by atoms with Gasteiger partial charge in [-0.3, -0.25) is 9.59 Å². The number of hydrogen-bond acceptors (Lipinski definition) is 6. The number of ether oxygens (including phenoxy) is 2. The largest absolute Gasteiger partial charge is 0.493 e. The number of hydrogen-bond donors (Lipinski definition) is 2. The fraction of sp³-hybridized carbons (Fsp3) is 0.312. The fourth-order valence-electron chi connectivity index (χ4n) is 2.03. The van der Waals surface area contributed by atoms with Gasteiger partial charge in [0.1, 0.15) is 10.7 Å². The molecule has 7 nitrogen and oxygen atoms in total. The number of thiazole rings is 1. The van der Waals surface area contributed by atoms with Crippen LogP contribution in [0.15, 0.2) is 23.6 Å². The minimum Gasteiger partial charge on any atom is -0.493 e. The predicted molar refractivity (Wildman–Crippen MR) is 91.4 cm³/mol. The van der Waals surface area contributed by atoms with Gasteiger partial charge in [0.05, 0.1) is 14.2 Å². The molecule has 1 aromatic heterocycles. The maximum absolute atomic E-state index is 12.0. The Kier molecular flexibility index (Phi) is 6.14. The van der Waals surface area contributed by atoms with Gasteiger partial charge in [-0.05, 0) is 24.6 Å². The van der Waals surface area contributed by atoms with E-state index in [4.69, 9.17) is 15.2 Å². The standard InChI is InChI=1S/C16H19N3O4S/c1-22-12-6-5-10(8-13(12)23-2)16-19-11(9-24-16)15(21)18-7-3-4-14(17)20/h5-6,8-9H,3-4,7H2,1-2H3,(H2,17,20)(H,18,21). The lowest BCUT2D eigenvalue weighted by Gasteiger charge is -2.08. The van der Waals surface area contributed by atoms with Crippen LogP contribution in [0.4, 0.5) is 0 Å². The van der Waals surface area contributed by atoms with Gasteiger partial charge in [-0.1, -0.05) is 0 Å². The fourth-order valence-corrected chi connectivity index (χ4v) is 2.83. The number of nitrogens with one attached hydrogen (secondary N) is 1. The van der Waals surface area contributed by atoms with E-state index < -0.39 is 0 Å². The summed E-state index contributed by atoms with van der Waals surface area (Å²) >= 11 is 1.37. The molecule has 0 radical (unpaired) electrons. The van der Waals surface area contributed by atoms with Gasteiger partial charge in [-0.2, -0.15) is 0 Å². The summed E-state index contributed by atoms with van der Waals surface area (Å²) in [6.07, 6.45) is 0.752. The maximum Gasteiger partial charge on any atom is 0.270 e. The first-order valence-corrected chi connectivity index (χ1v) is 8.17. The molecule has 0 aliphatic heterocycles. The van der Waals surface area contributed by atoms with Crippen LogP contribution in [-0.2, 0) is 4.79 Å². The Labute approximate surface area is 143 Å². The topological polar surface area (TPSA) is 104 Å². The molecule has 2 aromatic rings. The SMILES string of the molecule is COc1ccc(-c2nc(C(=O)NCCCC(N)=O)cs2)cc1OC. The minimum atomic E-state index is -0.381. The molecule has 8 heteroatoms. The van der Waals surface area contributed by atoms with Gasteiger partial charge in [-0.25, -0.2) is 4.98 Å². The van der Waals surface area contributed by atoms with Gasteiger partial charge in [0.15, 0.2) is 11.5 Å². The highest BCUT2D eigenvalue weighted by molar-refractivity contribution is 7.13. The van der Waals surface area contributed by atoms with E-state index in [9.17, 15) is 9.59 Å². The smallest absolute Gasteiger partial charge is 0.270 e. The molecule has 3 N–H and O–H groups in total. The molecule has 2 rings (SSSR count). The third-order valence-electron chi connectivity index (χ3n) is 3.25. The van der Waals surface area contributed by atoms with Gasteiger partial charge in [-0.15, -0.1) is 11.3 Å². The van der Waals surface area contributed by atoms with Gasteiger partial charge in [0.2, 0.25) is 5.91 Å². The quantitative estimate of drug-likeness (QED) is 0.708. The van der Waals surface area contributed by atoms with Gasteiger partial charge in [0.25, 0.3) is 5.91 Å². The van der Waals surface area contributed by atoms with Crippen molar-refractivity contribution in [3.63, 3.8) is 0 Å². The van der Waals surface area contributed by atoms with Crippen molar-refractivity contribution in [2.24, 2.45) is 5.73 Å². The number of primary amides is 1. The van der Waals surface area contributed by atoms with Crippen LogP contribution in [0, 0.1) is 0 Å². The van der Waals surface area contributed by atoms with E-state index >= 15 is 0 Å². The molecule has 128 valence electrons. The van der Waals surface area contributed by atoms with E-state index in [0.29, 0.717) is 35.2 Å². The van der Waals surface area contributed by atoms with Crippen molar-refractivity contribution in [2.75, 3.05) is 20.8 Å². The zero-order valence-corrected chi connectivity index (χ0v) is 14.3. The average molecular weight is 349 g/mol. The van der Waals surface area contributed by atoms with Crippen molar-refractivity contribution < 1.29 is 19.1 Å². The van der Waals surface area contributed by atoms with Crippen LogP contribution in [-0.4, -0.2) is 37.6 Å². The van der Waals surface area contributed by atoms with Crippen molar-refractivity contribution in [1.29, 1.82) is 0 Å².